The van der Waals surface area contributed by atoms with Crippen LogP contribution in [-0.2, 0) is 5.54 Å². The summed E-state index contributed by atoms with van der Waals surface area (Å²) in [5.41, 5.74) is 1.05. The van der Waals surface area contributed by atoms with Gasteiger partial charge in [0, 0.05) is 15.0 Å². The zero-order valence-corrected chi connectivity index (χ0v) is 14.0. The minimum atomic E-state index is -0.580. The number of alkyl halides is 1. The number of carbonyl (C=O) groups excluding carboxylic acids is 1. The SMILES string of the molecule is CC(CCl)(NC(=O)c1ccc(I)cc1)c1ccccc1. The van der Waals surface area contributed by atoms with Crippen molar-refractivity contribution < 1.29 is 4.79 Å². The van der Waals surface area contributed by atoms with Gasteiger partial charge in [-0.05, 0) is 59.3 Å². The largest absolute Gasteiger partial charge is 0.342 e. The number of amides is 1. The smallest absolute Gasteiger partial charge is 0.252 e. The highest BCUT2D eigenvalue weighted by Gasteiger charge is 2.27. The molecule has 0 radical (unpaired) electrons. The summed E-state index contributed by atoms with van der Waals surface area (Å²) in [6.07, 6.45) is 0. The molecule has 1 amide bonds. The highest BCUT2D eigenvalue weighted by atomic mass is 127. The van der Waals surface area contributed by atoms with Gasteiger partial charge in [0.1, 0.15) is 0 Å². The molecule has 0 spiro atoms. The minimum Gasteiger partial charge on any atom is -0.342 e. The molecular weight excluding hydrogens is 385 g/mol. The van der Waals surface area contributed by atoms with Gasteiger partial charge in [-0.15, -0.1) is 11.6 Å². The van der Waals surface area contributed by atoms with E-state index in [-0.39, 0.29) is 5.91 Å². The topological polar surface area (TPSA) is 29.1 Å². The van der Waals surface area contributed by atoms with E-state index in [2.05, 4.69) is 27.9 Å². The molecule has 2 rings (SSSR count). The highest BCUT2D eigenvalue weighted by molar-refractivity contribution is 14.1. The van der Waals surface area contributed by atoms with E-state index < -0.39 is 5.54 Å². The lowest BCUT2D eigenvalue weighted by molar-refractivity contribution is 0.0913. The molecule has 4 heteroatoms. The van der Waals surface area contributed by atoms with Crippen LogP contribution in [0, 0.1) is 3.57 Å². The van der Waals surface area contributed by atoms with E-state index in [0.717, 1.165) is 9.13 Å². The van der Waals surface area contributed by atoms with Gasteiger partial charge in [0.25, 0.3) is 5.91 Å². The quantitative estimate of drug-likeness (QED) is 0.607. The van der Waals surface area contributed by atoms with Crippen LogP contribution in [0.1, 0.15) is 22.8 Å². The normalized spacial score (nSPS) is 13.6. The van der Waals surface area contributed by atoms with Gasteiger partial charge in [-0.2, -0.15) is 0 Å². The molecule has 2 aromatic rings. The van der Waals surface area contributed by atoms with Crippen molar-refractivity contribution in [3.05, 3.63) is 69.3 Å². The zero-order chi connectivity index (χ0) is 14.6. The molecule has 1 N–H and O–H groups in total. The summed E-state index contributed by atoms with van der Waals surface area (Å²) >= 11 is 8.30. The molecule has 0 aromatic heterocycles. The average molecular weight is 400 g/mol. The third-order valence-corrected chi connectivity index (χ3v) is 4.43. The average Bonchev–Trinajstić information content (AvgIpc) is 2.48. The predicted molar refractivity (Wildman–Crippen MR) is 91.1 cm³/mol. The van der Waals surface area contributed by atoms with E-state index in [1.54, 1.807) is 0 Å². The van der Waals surface area contributed by atoms with E-state index in [0.29, 0.717) is 11.4 Å². The van der Waals surface area contributed by atoms with Gasteiger partial charge < -0.3 is 5.32 Å². The van der Waals surface area contributed by atoms with Gasteiger partial charge in [-0.3, -0.25) is 4.79 Å². The molecule has 0 aliphatic rings. The number of hydrogen-bond donors (Lipinski definition) is 1. The summed E-state index contributed by atoms with van der Waals surface area (Å²) in [7, 11) is 0. The first kappa shape index (κ1) is 15.3. The van der Waals surface area contributed by atoms with Gasteiger partial charge in [-0.25, -0.2) is 0 Å². The van der Waals surface area contributed by atoms with Crippen LogP contribution < -0.4 is 5.32 Å². The Balaban J connectivity index is 2.22. The second kappa shape index (κ2) is 6.59. The van der Waals surface area contributed by atoms with E-state index in [4.69, 9.17) is 11.6 Å². The molecule has 1 atom stereocenters. The van der Waals surface area contributed by atoms with Gasteiger partial charge in [0.2, 0.25) is 0 Å². The molecule has 0 saturated carbocycles. The molecule has 0 bridgehead atoms. The summed E-state index contributed by atoms with van der Waals surface area (Å²) in [6, 6.07) is 17.2. The summed E-state index contributed by atoms with van der Waals surface area (Å²) < 4.78 is 1.10. The maximum atomic E-state index is 12.3. The van der Waals surface area contributed by atoms with E-state index >= 15 is 0 Å². The maximum absolute atomic E-state index is 12.3. The second-order valence-corrected chi connectivity index (χ2v) is 6.31. The van der Waals surface area contributed by atoms with E-state index in [9.17, 15) is 4.79 Å². The Kier molecular flexibility index (Phi) is 5.05. The van der Waals surface area contributed by atoms with Gasteiger partial charge in [-0.1, -0.05) is 30.3 Å². The molecule has 20 heavy (non-hydrogen) atoms. The van der Waals surface area contributed by atoms with E-state index in [1.807, 2.05) is 61.5 Å². The minimum absolute atomic E-state index is 0.117. The molecule has 2 aromatic carbocycles. The monoisotopic (exact) mass is 399 g/mol. The summed E-state index contributed by atoms with van der Waals surface area (Å²) in [5, 5.41) is 3.02. The van der Waals surface area contributed by atoms with Crippen molar-refractivity contribution in [3.8, 4) is 0 Å². The van der Waals surface area contributed by atoms with Crippen molar-refractivity contribution in [1.82, 2.24) is 5.32 Å². The van der Waals surface area contributed by atoms with Crippen molar-refractivity contribution in [3.63, 3.8) is 0 Å². The standard InChI is InChI=1S/C16H15ClINO/c1-16(11-17,13-5-3-2-4-6-13)19-15(20)12-7-9-14(18)10-8-12/h2-10H,11H2,1H3,(H,19,20). The number of benzene rings is 2. The maximum Gasteiger partial charge on any atom is 0.252 e. The van der Waals surface area contributed by atoms with Crippen molar-refractivity contribution in [2.45, 2.75) is 12.5 Å². The van der Waals surface area contributed by atoms with E-state index in [1.165, 1.54) is 0 Å². The van der Waals surface area contributed by atoms with Crippen LogP contribution in [0.3, 0.4) is 0 Å². The highest BCUT2D eigenvalue weighted by Crippen LogP contribution is 2.22. The Hall–Kier alpha value is -1.07. The van der Waals surface area contributed by atoms with Crippen molar-refractivity contribution in [1.29, 1.82) is 0 Å². The van der Waals surface area contributed by atoms with Crippen molar-refractivity contribution in [2.75, 3.05) is 5.88 Å². The zero-order valence-electron chi connectivity index (χ0n) is 11.1. The molecule has 0 heterocycles. The first-order chi connectivity index (χ1) is 9.55. The summed E-state index contributed by atoms with van der Waals surface area (Å²) in [4.78, 5) is 12.3. The van der Waals surface area contributed by atoms with Crippen LogP contribution in [0.25, 0.3) is 0 Å². The van der Waals surface area contributed by atoms with Crippen LogP contribution in [-0.4, -0.2) is 11.8 Å². The first-order valence-electron chi connectivity index (χ1n) is 6.25. The van der Waals surface area contributed by atoms with Crippen molar-refractivity contribution in [2.24, 2.45) is 0 Å². The predicted octanol–water partition coefficient (Wildman–Crippen LogP) is 4.18. The Morgan fingerprint density at radius 3 is 2.30 bits per heavy atom. The fourth-order valence-corrected chi connectivity index (χ4v) is 2.49. The molecule has 0 saturated heterocycles. The van der Waals surface area contributed by atoms with Crippen LogP contribution in [0.4, 0.5) is 0 Å². The van der Waals surface area contributed by atoms with Gasteiger partial charge in [0.15, 0.2) is 0 Å². The van der Waals surface area contributed by atoms with Crippen LogP contribution in [0.15, 0.2) is 54.6 Å². The molecule has 0 aliphatic heterocycles. The number of hydrogen-bond acceptors (Lipinski definition) is 1. The molecule has 2 nitrogen and oxygen atoms in total. The lowest BCUT2D eigenvalue weighted by Gasteiger charge is -2.29. The van der Waals surface area contributed by atoms with Crippen LogP contribution in [0.5, 0.6) is 0 Å². The van der Waals surface area contributed by atoms with Crippen molar-refractivity contribution >= 4 is 40.1 Å². The Morgan fingerprint density at radius 1 is 1.15 bits per heavy atom. The number of halogens is 2. The Morgan fingerprint density at radius 2 is 1.75 bits per heavy atom. The van der Waals surface area contributed by atoms with Gasteiger partial charge in [0.05, 0.1) is 5.54 Å². The molecule has 0 aliphatic carbocycles. The lowest BCUT2D eigenvalue weighted by Crippen LogP contribution is -2.45. The lowest BCUT2D eigenvalue weighted by atomic mass is 9.93. The second-order valence-electron chi connectivity index (χ2n) is 4.79. The first-order valence-corrected chi connectivity index (χ1v) is 7.86. The third-order valence-electron chi connectivity index (χ3n) is 3.17. The van der Waals surface area contributed by atoms with Gasteiger partial charge >= 0.3 is 0 Å². The molecule has 0 fully saturated rings. The number of rotatable bonds is 4. The third kappa shape index (κ3) is 3.52. The van der Waals surface area contributed by atoms with Crippen LogP contribution in [0.2, 0.25) is 0 Å². The fourth-order valence-electron chi connectivity index (χ4n) is 1.91. The number of carbonyl (C=O) groups is 1. The summed E-state index contributed by atoms with van der Waals surface area (Å²) in [5.74, 6) is 0.195. The number of nitrogens with one attached hydrogen (secondary N) is 1. The Labute approximate surface area is 137 Å². The fraction of sp³-hybridized carbons (Fsp3) is 0.188. The Bertz CT molecular complexity index is 585. The summed E-state index contributed by atoms with van der Waals surface area (Å²) in [6.45, 7) is 1.93. The molecule has 1 unspecified atom stereocenters. The molecular formula is C16H15ClINO. The van der Waals surface area contributed by atoms with Crippen LogP contribution >= 0.6 is 34.2 Å². The molecule has 104 valence electrons.